The van der Waals surface area contributed by atoms with Crippen molar-refractivity contribution in [2.75, 3.05) is 5.32 Å². The SMILES string of the molecule is CC[C@H](NC(=O)Nc1cccc(C)c1F)C(=O)O. The van der Waals surface area contributed by atoms with Crippen LogP contribution in [-0.4, -0.2) is 23.1 Å². The Morgan fingerprint density at radius 3 is 2.67 bits per heavy atom. The van der Waals surface area contributed by atoms with Crippen LogP contribution in [0.4, 0.5) is 14.9 Å². The lowest BCUT2D eigenvalue weighted by molar-refractivity contribution is -0.139. The number of carbonyl (C=O) groups excluding carboxylic acids is 1. The lowest BCUT2D eigenvalue weighted by Crippen LogP contribution is -2.42. The fraction of sp³-hybridized carbons (Fsp3) is 0.333. The van der Waals surface area contributed by atoms with Crippen molar-refractivity contribution in [2.24, 2.45) is 0 Å². The molecular weight excluding hydrogens is 239 g/mol. The number of rotatable bonds is 4. The quantitative estimate of drug-likeness (QED) is 0.770. The van der Waals surface area contributed by atoms with Gasteiger partial charge >= 0.3 is 12.0 Å². The first-order chi connectivity index (χ1) is 8.45. The summed E-state index contributed by atoms with van der Waals surface area (Å²) < 4.78 is 13.6. The van der Waals surface area contributed by atoms with Crippen molar-refractivity contribution in [2.45, 2.75) is 26.3 Å². The molecule has 18 heavy (non-hydrogen) atoms. The highest BCUT2D eigenvalue weighted by Gasteiger charge is 2.18. The van der Waals surface area contributed by atoms with Crippen LogP contribution in [0.1, 0.15) is 18.9 Å². The molecule has 5 nitrogen and oxygen atoms in total. The number of nitrogens with one attached hydrogen (secondary N) is 2. The van der Waals surface area contributed by atoms with E-state index in [1.165, 1.54) is 6.07 Å². The second-order valence-corrected chi connectivity index (χ2v) is 3.83. The lowest BCUT2D eigenvalue weighted by atomic mass is 10.2. The van der Waals surface area contributed by atoms with Crippen LogP contribution < -0.4 is 10.6 Å². The van der Waals surface area contributed by atoms with Crippen molar-refractivity contribution >= 4 is 17.7 Å². The molecule has 0 saturated carbocycles. The van der Waals surface area contributed by atoms with Crippen LogP contribution in [0.3, 0.4) is 0 Å². The molecule has 0 aliphatic rings. The first-order valence-electron chi connectivity index (χ1n) is 5.51. The molecule has 1 aromatic carbocycles. The van der Waals surface area contributed by atoms with Gasteiger partial charge in [0.25, 0.3) is 0 Å². The Kier molecular flexibility index (Phi) is 4.65. The number of carbonyl (C=O) groups is 2. The van der Waals surface area contributed by atoms with Crippen molar-refractivity contribution in [3.8, 4) is 0 Å². The number of anilines is 1. The van der Waals surface area contributed by atoms with Gasteiger partial charge in [-0.05, 0) is 25.0 Å². The fourth-order valence-corrected chi connectivity index (χ4v) is 1.40. The van der Waals surface area contributed by atoms with Gasteiger partial charge in [-0.1, -0.05) is 19.1 Å². The minimum absolute atomic E-state index is 0.0211. The molecule has 0 aliphatic heterocycles. The average molecular weight is 254 g/mol. The number of carboxylic acid groups (broad SMARTS) is 1. The zero-order valence-corrected chi connectivity index (χ0v) is 10.2. The van der Waals surface area contributed by atoms with Crippen molar-refractivity contribution < 1.29 is 19.1 Å². The topological polar surface area (TPSA) is 78.4 Å². The molecule has 0 heterocycles. The van der Waals surface area contributed by atoms with E-state index in [1.807, 2.05) is 0 Å². The lowest BCUT2D eigenvalue weighted by Gasteiger charge is -2.13. The van der Waals surface area contributed by atoms with Gasteiger partial charge in [-0.15, -0.1) is 0 Å². The van der Waals surface area contributed by atoms with Crippen LogP contribution in [0.2, 0.25) is 0 Å². The van der Waals surface area contributed by atoms with E-state index < -0.39 is 23.9 Å². The Labute approximate surface area is 104 Å². The summed E-state index contributed by atoms with van der Waals surface area (Å²) in [6.07, 6.45) is 0.249. The van der Waals surface area contributed by atoms with Gasteiger partial charge in [0.1, 0.15) is 11.9 Å². The van der Waals surface area contributed by atoms with Crippen molar-refractivity contribution in [3.05, 3.63) is 29.6 Å². The van der Waals surface area contributed by atoms with Gasteiger partial charge in [0.15, 0.2) is 0 Å². The van der Waals surface area contributed by atoms with Gasteiger partial charge in [-0.3, -0.25) is 0 Å². The monoisotopic (exact) mass is 254 g/mol. The van der Waals surface area contributed by atoms with Gasteiger partial charge < -0.3 is 15.7 Å². The van der Waals surface area contributed by atoms with Gasteiger partial charge in [0, 0.05) is 0 Å². The summed E-state index contributed by atoms with van der Waals surface area (Å²) in [6.45, 7) is 3.21. The minimum Gasteiger partial charge on any atom is -0.480 e. The van der Waals surface area contributed by atoms with E-state index >= 15 is 0 Å². The summed E-state index contributed by atoms with van der Waals surface area (Å²) >= 11 is 0. The molecule has 1 atom stereocenters. The molecule has 0 saturated heterocycles. The van der Waals surface area contributed by atoms with Crippen LogP contribution in [-0.2, 0) is 4.79 Å². The number of halogens is 1. The van der Waals surface area contributed by atoms with Crippen molar-refractivity contribution in [1.82, 2.24) is 5.32 Å². The van der Waals surface area contributed by atoms with Crippen LogP contribution in [0.25, 0.3) is 0 Å². The maximum absolute atomic E-state index is 13.6. The highest BCUT2D eigenvalue weighted by Crippen LogP contribution is 2.16. The van der Waals surface area contributed by atoms with Crippen molar-refractivity contribution in [3.63, 3.8) is 0 Å². The number of urea groups is 1. The number of amides is 2. The minimum atomic E-state index is -1.13. The molecule has 1 aromatic rings. The Balaban J connectivity index is 2.70. The molecule has 0 unspecified atom stereocenters. The third-order valence-electron chi connectivity index (χ3n) is 2.45. The average Bonchev–Trinajstić information content (AvgIpc) is 2.31. The normalized spacial score (nSPS) is 11.7. The fourth-order valence-electron chi connectivity index (χ4n) is 1.40. The van der Waals surface area contributed by atoms with Gasteiger partial charge in [-0.25, -0.2) is 14.0 Å². The van der Waals surface area contributed by atoms with E-state index in [1.54, 1.807) is 26.0 Å². The van der Waals surface area contributed by atoms with Gasteiger partial charge in [0.2, 0.25) is 0 Å². The molecule has 3 N–H and O–H groups in total. The molecular formula is C12H15FN2O3. The maximum Gasteiger partial charge on any atom is 0.326 e. The number of aryl methyl sites for hydroxylation is 1. The van der Waals surface area contributed by atoms with E-state index in [2.05, 4.69) is 10.6 Å². The van der Waals surface area contributed by atoms with Crippen LogP contribution >= 0.6 is 0 Å². The standard InChI is InChI=1S/C12H15FN2O3/c1-3-8(11(16)17)14-12(18)15-9-6-4-5-7(2)10(9)13/h4-6,8H,3H2,1-2H3,(H,16,17)(H2,14,15,18)/t8-/m0/s1. The maximum atomic E-state index is 13.6. The second kappa shape index (κ2) is 6.00. The van der Waals surface area contributed by atoms with E-state index in [4.69, 9.17) is 5.11 Å². The summed E-state index contributed by atoms with van der Waals surface area (Å²) in [5, 5.41) is 13.3. The zero-order chi connectivity index (χ0) is 13.7. The molecule has 0 radical (unpaired) electrons. The number of carboxylic acids is 1. The molecule has 6 heteroatoms. The summed E-state index contributed by atoms with van der Waals surface area (Å²) in [4.78, 5) is 22.2. The molecule has 0 fully saturated rings. The van der Waals surface area contributed by atoms with Crippen LogP contribution in [0.5, 0.6) is 0 Å². The second-order valence-electron chi connectivity index (χ2n) is 3.83. The number of hydrogen-bond acceptors (Lipinski definition) is 2. The van der Waals surface area contributed by atoms with Gasteiger partial charge in [-0.2, -0.15) is 0 Å². The molecule has 0 bridgehead atoms. The summed E-state index contributed by atoms with van der Waals surface area (Å²) in [7, 11) is 0. The Morgan fingerprint density at radius 1 is 1.44 bits per heavy atom. The van der Waals surface area contributed by atoms with Gasteiger partial charge in [0.05, 0.1) is 5.69 Å². The molecule has 98 valence electrons. The van der Waals surface area contributed by atoms with Crippen LogP contribution in [0.15, 0.2) is 18.2 Å². The van der Waals surface area contributed by atoms with E-state index in [0.717, 1.165) is 0 Å². The molecule has 0 aromatic heterocycles. The first kappa shape index (κ1) is 14.0. The van der Waals surface area contributed by atoms with E-state index in [9.17, 15) is 14.0 Å². The number of benzene rings is 1. The summed E-state index contributed by atoms with van der Waals surface area (Å²) in [5.74, 6) is -1.66. The molecule has 2 amide bonds. The summed E-state index contributed by atoms with van der Waals surface area (Å²) in [6, 6.07) is 2.85. The predicted octanol–water partition coefficient (Wildman–Crippen LogP) is 2.12. The highest BCUT2D eigenvalue weighted by atomic mass is 19.1. The predicted molar refractivity (Wildman–Crippen MR) is 65.0 cm³/mol. The largest absolute Gasteiger partial charge is 0.480 e. The van der Waals surface area contributed by atoms with Crippen LogP contribution in [0, 0.1) is 12.7 Å². The van der Waals surface area contributed by atoms with Crippen molar-refractivity contribution in [1.29, 1.82) is 0 Å². The Morgan fingerprint density at radius 2 is 2.11 bits per heavy atom. The third-order valence-corrected chi connectivity index (χ3v) is 2.45. The molecule has 1 rings (SSSR count). The smallest absolute Gasteiger partial charge is 0.326 e. The third kappa shape index (κ3) is 3.44. The Hall–Kier alpha value is -2.11. The molecule has 0 aliphatic carbocycles. The Bertz CT molecular complexity index is 463. The number of aliphatic carboxylic acids is 1. The summed E-state index contributed by atoms with van der Waals surface area (Å²) in [5.41, 5.74) is 0.422. The zero-order valence-electron chi connectivity index (χ0n) is 10.2. The number of hydrogen-bond donors (Lipinski definition) is 3. The first-order valence-corrected chi connectivity index (χ1v) is 5.51. The van der Waals surface area contributed by atoms with E-state index in [-0.39, 0.29) is 12.1 Å². The molecule has 0 spiro atoms. The highest BCUT2D eigenvalue weighted by molar-refractivity contribution is 5.92. The van der Waals surface area contributed by atoms with E-state index in [0.29, 0.717) is 5.56 Å².